The Bertz CT molecular complexity index is 184. The number of rotatable bonds is 9. The fourth-order valence-electron chi connectivity index (χ4n) is 1.13. The molecule has 1 amide bonds. The highest BCUT2D eigenvalue weighted by atomic mass is 16.5. The van der Waals surface area contributed by atoms with Gasteiger partial charge in [0.05, 0.1) is 0 Å². The first kappa shape index (κ1) is 15.4. The van der Waals surface area contributed by atoms with E-state index >= 15 is 0 Å². The first-order chi connectivity index (χ1) is 7.59. The van der Waals surface area contributed by atoms with Crippen LogP contribution in [-0.4, -0.2) is 31.7 Å². The van der Waals surface area contributed by atoms with E-state index in [1.54, 1.807) is 0 Å². The Balaban J connectivity index is 3.34. The number of unbranched alkanes of at least 4 members (excludes halogenated alkanes) is 1. The van der Waals surface area contributed by atoms with Crippen molar-refractivity contribution in [3.05, 3.63) is 0 Å². The molecule has 0 rings (SSSR count). The van der Waals surface area contributed by atoms with E-state index in [9.17, 15) is 4.79 Å². The second kappa shape index (κ2) is 9.60. The third-order valence-electron chi connectivity index (χ3n) is 2.61. The zero-order chi connectivity index (χ0) is 12.4. The zero-order valence-corrected chi connectivity index (χ0v) is 10.8. The van der Waals surface area contributed by atoms with Gasteiger partial charge in [0, 0.05) is 31.7 Å². The summed E-state index contributed by atoms with van der Waals surface area (Å²) in [6, 6.07) is -0.0965. The number of carbonyl (C=O) groups is 1. The van der Waals surface area contributed by atoms with Gasteiger partial charge in [-0.15, -0.1) is 0 Å². The van der Waals surface area contributed by atoms with Crippen molar-refractivity contribution in [1.29, 1.82) is 0 Å². The number of nitrogens with two attached hydrogens (primary N) is 1. The number of carbonyl (C=O) groups excluding carboxylic acids is 1. The van der Waals surface area contributed by atoms with Crippen molar-refractivity contribution in [2.45, 2.75) is 46.1 Å². The molecule has 4 nitrogen and oxygen atoms in total. The summed E-state index contributed by atoms with van der Waals surface area (Å²) in [5, 5.41) is 2.86. The molecule has 0 bridgehead atoms. The quantitative estimate of drug-likeness (QED) is 0.587. The molecule has 16 heavy (non-hydrogen) atoms. The molecule has 0 spiro atoms. The van der Waals surface area contributed by atoms with E-state index in [1.807, 2.05) is 13.8 Å². The Morgan fingerprint density at radius 1 is 1.31 bits per heavy atom. The Kier molecular flexibility index (Phi) is 9.24. The zero-order valence-electron chi connectivity index (χ0n) is 10.8. The molecule has 0 fully saturated rings. The van der Waals surface area contributed by atoms with Gasteiger partial charge in [-0.3, -0.25) is 4.79 Å². The number of hydrogen-bond acceptors (Lipinski definition) is 3. The number of nitrogens with one attached hydrogen (secondary N) is 1. The Morgan fingerprint density at radius 3 is 2.50 bits per heavy atom. The Hall–Kier alpha value is -0.610. The molecule has 2 unspecified atom stereocenters. The topological polar surface area (TPSA) is 64.3 Å². The van der Waals surface area contributed by atoms with Gasteiger partial charge in [0.25, 0.3) is 0 Å². The first-order valence-corrected chi connectivity index (χ1v) is 6.20. The van der Waals surface area contributed by atoms with Crippen LogP contribution < -0.4 is 11.1 Å². The van der Waals surface area contributed by atoms with Gasteiger partial charge in [0.2, 0.25) is 5.91 Å². The van der Waals surface area contributed by atoms with Crippen LogP contribution in [0.4, 0.5) is 0 Å². The van der Waals surface area contributed by atoms with Crippen LogP contribution in [0.3, 0.4) is 0 Å². The summed E-state index contributed by atoms with van der Waals surface area (Å²) in [6.45, 7) is 8.03. The summed E-state index contributed by atoms with van der Waals surface area (Å²) in [5.74, 6) is -0.0930. The number of ether oxygens (including phenoxy) is 1. The predicted molar refractivity (Wildman–Crippen MR) is 66.2 cm³/mol. The highest BCUT2D eigenvalue weighted by Crippen LogP contribution is 1.99. The highest BCUT2D eigenvalue weighted by molar-refractivity contribution is 5.78. The molecule has 0 aliphatic rings. The van der Waals surface area contributed by atoms with E-state index in [4.69, 9.17) is 10.5 Å². The SMILES string of the molecule is CCCCOCCCNC(=O)C(C)C(C)N. The van der Waals surface area contributed by atoms with E-state index in [0.717, 1.165) is 25.9 Å². The molecule has 4 heteroatoms. The molecule has 2 atom stereocenters. The van der Waals surface area contributed by atoms with E-state index in [1.165, 1.54) is 0 Å². The number of amides is 1. The summed E-state index contributed by atoms with van der Waals surface area (Å²) in [6.07, 6.45) is 3.12. The lowest BCUT2D eigenvalue weighted by molar-refractivity contribution is -0.124. The molecule has 96 valence electrons. The van der Waals surface area contributed by atoms with Crippen molar-refractivity contribution in [2.75, 3.05) is 19.8 Å². The summed E-state index contributed by atoms with van der Waals surface area (Å²) in [4.78, 5) is 11.5. The fraction of sp³-hybridized carbons (Fsp3) is 0.917. The van der Waals surface area contributed by atoms with Gasteiger partial charge < -0.3 is 15.8 Å². The molecule has 0 aromatic heterocycles. The third kappa shape index (κ3) is 7.65. The van der Waals surface area contributed by atoms with Crippen molar-refractivity contribution in [3.63, 3.8) is 0 Å². The van der Waals surface area contributed by atoms with Crippen LogP contribution in [0.15, 0.2) is 0 Å². The maximum atomic E-state index is 11.5. The second-order valence-corrected chi connectivity index (χ2v) is 4.26. The maximum Gasteiger partial charge on any atom is 0.224 e. The molecule has 0 aromatic carbocycles. The second-order valence-electron chi connectivity index (χ2n) is 4.26. The summed E-state index contributed by atoms with van der Waals surface area (Å²) < 4.78 is 5.39. The van der Waals surface area contributed by atoms with Crippen LogP contribution >= 0.6 is 0 Å². The standard InChI is InChI=1S/C12H26N2O2/c1-4-5-8-16-9-6-7-14-12(15)10(2)11(3)13/h10-11H,4-9,13H2,1-3H3,(H,14,15). The minimum atomic E-state index is -0.124. The normalized spacial score (nSPS) is 14.5. The average Bonchev–Trinajstić information content (AvgIpc) is 2.26. The van der Waals surface area contributed by atoms with Crippen LogP contribution in [0.2, 0.25) is 0 Å². The van der Waals surface area contributed by atoms with Crippen LogP contribution in [0, 0.1) is 5.92 Å². The summed E-state index contributed by atoms with van der Waals surface area (Å²) >= 11 is 0. The van der Waals surface area contributed by atoms with Gasteiger partial charge in [-0.1, -0.05) is 20.3 Å². The highest BCUT2D eigenvalue weighted by Gasteiger charge is 2.15. The first-order valence-electron chi connectivity index (χ1n) is 6.20. The predicted octanol–water partition coefficient (Wildman–Crippen LogP) is 1.29. The van der Waals surface area contributed by atoms with Crippen LogP contribution in [0.25, 0.3) is 0 Å². The molecule has 0 radical (unpaired) electrons. The van der Waals surface area contributed by atoms with E-state index < -0.39 is 0 Å². The molecule has 0 saturated carbocycles. The lowest BCUT2D eigenvalue weighted by Crippen LogP contribution is -2.39. The van der Waals surface area contributed by atoms with Gasteiger partial charge in [0.15, 0.2) is 0 Å². The van der Waals surface area contributed by atoms with Crippen LogP contribution in [0.5, 0.6) is 0 Å². The third-order valence-corrected chi connectivity index (χ3v) is 2.61. The maximum absolute atomic E-state index is 11.5. The molecule has 3 N–H and O–H groups in total. The van der Waals surface area contributed by atoms with E-state index in [-0.39, 0.29) is 17.9 Å². The molecule has 0 heterocycles. The van der Waals surface area contributed by atoms with Crippen molar-refractivity contribution >= 4 is 5.91 Å². The monoisotopic (exact) mass is 230 g/mol. The van der Waals surface area contributed by atoms with Gasteiger partial charge >= 0.3 is 0 Å². The van der Waals surface area contributed by atoms with Crippen molar-refractivity contribution in [1.82, 2.24) is 5.32 Å². The largest absolute Gasteiger partial charge is 0.381 e. The molecule has 0 aromatic rings. The van der Waals surface area contributed by atoms with Crippen molar-refractivity contribution < 1.29 is 9.53 Å². The van der Waals surface area contributed by atoms with E-state index in [2.05, 4.69) is 12.2 Å². The summed E-state index contributed by atoms with van der Waals surface area (Å²) in [5.41, 5.74) is 5.64. The van der Waals surface area contributed by atoms with Crippen LogP contribution in [0.1, 0.15) is 40.0 Å². The molecule has 0 aliphatic heterocycles. The van der Waals surface area contributed by atoms with Gasteiger partial charge in [0.1, 0.15) is 0 Å². The van der Waals surface area contributed by atoms with Gasteiger partial charge in [-0.05, 0) is 19.8 Å². The minimum Gasteiger partial charge on any atom is -0.381 e. The molecular formula is C12H26N2O2. The fourth-order valence-corrected chi connectivity index (χ4v) is 1.13. The van der Waals surface area contributed by atoms with Crippen molar-refractivity contribution in [3.8, 4) is 0 Å². The lowest BCUT2D eigenvalue weighted by atomic mass is 10.0. The smallest absolute Gasteiger partial charge is 0.224 e. The van der Waals surface area contributed by atoms with Gasteiger partial charge in [-0.25, -0.2) is 0 Å². The van der Waals surface area contributed by atoms with Crippen LogP contribution in [-0.2, 0) is 9.53 Å². The van der Waals surface area contributed by atoms with E-state index in [0.29, 0.717) is 13.2 Å². The Labute approximate surface area is 98.9 Å². The Morgan fingerprint density at radius 2 is 1.94 bits per heavy atom. The molecule has 0 saturated heterocycles. The molecular weight excluding hydrogens is 204 g/mol. The lowest BCUT2D eigenvalue weighted by Gasteiger charge is -2.15. The summed E-state index contributed by atoms with van der Waals surface area (Å²) in [7, 11) is 0. The number of hydrogen-bond donors (Lipinski definition) is 2. The molecule has 0 aliphatic carbocycles. The van der Waals surface area contributed by atoms with Gasteiger partial charge in [-0.2, -0.15) is 0 Å². The minimum absolute atomic E-state index is 0.0311. The average molecular weight is 230 g/mol. The van der Waals surface area contributed by atoms with Crippen molar-refractivity contribution in [2.24, 2.45) is 11.7 Å².